The fourth-order valence-corrected chi connectivity index (χ4v) is 7.32. The zero-order chi connectivity index (χ0) is 42.6. The van der Waals surface area contributed by atoms with E-state index in [9.17, 15) is 4.11 Å². The fraction of sp³-hybridized carbons (Fsp3) is 0. The van der Waals surface area contributed by atoms with Gasteiger partial charge < -0.3 is 4.42 Å². The summed E-state index contributed by atoms with van der Waals surface area (Å²) in [5, 5.41) is 1.80. The number of nitrogens with zero attached hydrogens (tertiary/aromatic N) is 3. The second-order valence-corrected chi connectivity index (χ2v) is 12.7. The molecule has 0 amide bonds. The molecule has 7 aromatic carbocycles. The highest BCUT2D eigenvalue weighted by atomic mass is 32.1. The Morgan fingerprint density at radius 1 is 0.460 bits per heavy atom. The summed E-state index contributed by atoms with van der Waals surface area (Å²) < 4.78 is 105. The average molecular weight is 669 g/mol. The average Bonchev–Trinajstić information content (AvgIpc) is 3.87. The van der Waals surface area contributed by atoms with Gasteiger partial charge in [-0.2, -0.15) is 0 Å². The van der Waals surface area contributed by atoms with Crippen LogP contribution in [0.4, 0.5) is 0 Å². The Morgan fingerprint density at radius 2 is 1.14 bits per heavy atom. The van der Waals surface area contributed by atoms with E-state index >= 15 is 0 Å². The number of hydrogen-bond donors (Lipinski definition) is 0. The zero-order valence-electron chi connectivity index (χ0n) is 36.9. The lowest BCUT2D eigenvalue weighted by Crippen LogP contribution is -2.00. The highest BCUT2D eigenvalue weighted by molar-refractivity contribution is 7.25. The van der Waals surface area contributed by atoms with Gasteiger partial charge in [-0.25, -0.2) is 15.0 Å². The van der Waals surface area contributed by atoms with E-state index in [0.29, 0.717) is 11.1 Å². The van der Waals surface area contributed by atoms with Crippen LogP contribution in [-0.2, 0) is 0 Å². The fourth-order valence-electron chi connectivity index (χ4n) is 6.18. The zero-order valence-corrected chi connectivity index (χ0v) is 26.7. The first-order valence-corrected chi connectivity index (χ1v) is 16.5. The second-order valence-electron chi connectivity index (χ2n) is 11.6. The molecule has 0 saturated carbocycles. The van der Waals surface area contributed by atoms with Crippen LogP contribution in [0.1, 0.15) is 15.1 Å². The molecule has 0 bridgehead atoms. The molecule has 3 aromatic heterocycles. The molecule has 0 spiro atoms. The first-order chi connectivity index (χ1) is 29.3. The maximum Gasteiger partial charge on any atom is 0.164 e. The second kappa shape index (κ2) is 11.6. The molecule has 0 aliphatic rings. The number of aromatic nitrogens is 3. The van der Waals surface area contributed by atoms with Crippen molar-refractivity contribution in [3.8, 4) is 56.4 Å². The van der Waals surface area contributed by atoms with E-state index in [1.807, 2.05) is 84.9 Å². The SMILES string of the molecule is [2H]c1c([2H])c([2H])c(-c2c([2H])c([2H])c([2H])c3oc4c([2H])c(-c5nc(-c6ccc(-c7ccccc7)cc6)nc(-c6ccc7c(c6)sc6ccccc67)n5)c([2H])c([2H])c4c23)c([2H])c1[2H]. The number of rotatable bonds is 5. The van der Waals surface area contributed by atoms with Crippen molar-refractivity contribution in [1.82, 2.24) is 15.0 Å². The van der Waals surface area contributed by atoms with Crippen LogP contribution in [0.2, 0.25) is 0 Å². The van der Waals surface area contributed by atoms with Crippen LogP contribution in [0, 0.1) is 0 Å². The number of thiophene rings is 1. The minimum Gasteiger partial charge on any atom is -0.456 e. The number of hydrogen-bond acceptors (Lipinski definition) is 5. The van der Waals surface area contributed by atoms with Gasteiger partial charge in [-0.15, -0.1) is 11.3 Å². The molecular formula is C45H27N3OS. The molecular weight excluding hydrogens is 631 g/mol. The van der Waals surface area contributed by atoms with Gasteiger partial charge in [0.05, 0.1) is 15.1 Å². The van der Waals surface area contributed by atoms with Gasteiger partial charge in [0.15, 0.2) is 17.5 Å². The maximum absolute atomic E-state index is 9.51. The van der Waals surface area contributed by atoms with Crippen LogP contribution < -0.4 is 0 Å². The molecule has 0 fully saturated rings. The predicted molar refractivity (Wildman–Crippen MR) is 207 cm³/mol. The summed E-state index contributed by atoms with van der Waals surface area (Å²) in [6.07, 6.45) is 0. The maximum atomic E-state index is 9.51. The Balaban J connectivity index is 1.23. The Morgan fingerprint density at radius 3 is 1.98 bits per heavy atom. The van der Waals surface area contributed by atoms with Crippen LogP contribution in [-0.4, -0.2) is 15.0 Å². The van der Waals surface area contributed by atoms with Crippen LogP contribution in [0.3, 0.4) is 0 Å². The summed E-state index contributed by atoms with van der Waals surface area (Å²) in [6, 6.07) is 24.8. The largest absolute Gasteiger partial charge is 0.456 e. The van der Waals surface area contributed by atoms with E-state index in [0.717, 1.165) is 31.3 Å². The van der Waals surface area contributed by atoms with Gasteiger partial charge in [0, 0.05) is 47.6 Å². The van der Waals surface area contributed by atoms with E-state index in [4.69, 9.17) is 30.3 Å². The van der Waals surface area contributed by atoms with Crippen LogP contribution in [0.5, 0.6) is 0 Å². The van der Waals surface area contributed by atoms with E-state index in [-0.39, 0.29) is 50.5 Å². The van der Waals surface area contributed by atoms with E-state index < -0.39 is 72.0 Å². The molecule has 0 saturated heterocycles. The van der Waals surface area contributed by atoms with Gasteiger partial charge in [-0.1, -0.05) is 133 Å². The third kappa shape index (κ3) is 4.87. The lowest BCUT2D eigenvalue weighted by atomic mass is 9.99. The lowest BCUT2D eigenvalue weighted by Gasteiger charge is -2.09. The molecule has 234 valence electrons. The predicted octanol–water partition coefficient (Wildman–Crippen LogP) is 12.5. The molecule has 0 N–H and O–H groups in total. The molecule has 10 rings (SSSR count). The number of furan rings is 1. The Bertz CT molecular complexity index is 3470. The van der Waals surface area contributed by atoms with Crippen molar-refractivity contribution in [2.24, 2.45) is 0 Å². The third-order valence-corrected chi connectivity index (χ3v) is 9.70. The number of fused-ring (bicyclic) bond motifs is 6. The van der Waals surface area contributed by atoms with Crippen molar-refractivity contribution < 1.29 is 19.5 Å². The molecule has 0 aliphatic heterocycles. The topological polar surface area (TPSA) is 51.8 Å². The van der Waals surface area contributed by atoms with Crippen molar-refractivity contribution in [3.05, 3.63) is 164 Å². The summed E-state index contributed by atoms with van der Waals surface area (Å²) >= 11 is 1.62. The van der Waals surface area contributed by atoms with E-state index in [1.165, 1.54) is 0 Å². The highest BCUT2D eigenvalue weighted by Crippen LogP contribution is 2.39. The van der Waals surface area contributed by atoms with Gasteiger partial charge in [0.25, 0.3) is 0 Å². The lowest BCUT2D eigenvalue weighted by molar-refractivity contribution is 0.669. The monoisotopic (exact) mass is 668 g/mol. The highest BCUT2D eigenvalue weighted by Gasteiger charge is 2.17. The molecule has 4 nitrogen and oxygen atoms in total. The van der Waals surface area contributed by atoms with Gasteiger partial charge in [-0.05, 0) is 52.5 Å². The molecule has 0 radical (unpaired) electrons. The molecule has 50 heavy (non-hydrogen) atoms. The molecule has 3 heterocycles. The van der Waals surface area contributed by atoms with Crippen LogP contribution in [0.15, 0.2) is 168 Å². The minimum absolute atomic E-state index is 0.103. The Kier molecular flexibility index (Phi) is 4.54. The van der Waals surface area contributed by atoms with Crippen molar-refractivity contribution >= 4 is 53.4 Å². The summed E-state index contributed by atoms with van der Waals surface area (Å²) in [5.41, 5.74) is 1.66. The summed E-state index contributed by atoms with van der Waals surface area (Å²) in [4.78, 5) is 14.5. The molecule has 0 unspecified atom stereocenters. The van der Waals surface area contributed by atoms with Crippen LogP contribution >= 0.6 is 11.3 Å². The van der Waals surface area contributed by atoms with Crippen molar-refractivity contribution in [2.45, 2.75) is 0 Å². The summed E-state index contributed by atoms with van der Waals surface area (Å²) in [7, 11) is 0. The standard InChI is InChI=1S/C45H27N3OS/c1-3-10-28(11-4-1)29-18-20-31(21-19-29)43-46-44(48-45(47-43)33-22-24-36-35-14-7-8-17-40(35)50-41(36)27-33)32-23-25-37-39(26-32)49-38-16-9-15-34(42(37)38)30-12-5-2-6-13-30/h1-27H/i2D,5D,6D,9D,12D,13D,15D,16D,23D,25D,26D. The summed E-state index contributed by atoms with van der Waals surface area (Å²) in [5.74, 6) is 0.380. The Hall–Kier alpha value is -6.43. The summed E-state index contributed by atoms with van der Waals surface area (Å²) in [6.45, 7) is 0. The molecule has 5 heteroatoms. The molecule has 0 aliphatic carbocycles. The normalized spacial score (nSPS) is 14.7. The molecule has 10 aromatic rings. The van der Waals surface area contributed by atoms with Crippen molar-refractivity contribution in [3.63, 3.8) is 0 Å². The molecule has 0 atom stereocenters. The number of benzene rings is 7. The quantitative estimate of drug-likeness (QED) is 0.183. The van der Waals surface area contributed by atoms with Crippen molar-refractivity contribution in [2.75, 3.05) is 0 Å². The van der Waals surface area contributed by atoms with Gasteiger partial charge in [-0.3, -0.25) is 0 Å². The van der Waals surface area contributed by atoms with Gasteiger partial charge in [0.2, 0.25) is 0 Å². The Labute approximate surface area is 307 Å². The van der Waals surface area contributed by atoms with Crippen molar-refractivity contribution in [1.29, 1.82) is 0 Å². The first kappa shape index (κ1) is 19.5. The smallest absolute Gasteiger partial charge is 0.164 e. The van der Waals surface area contributed by atoms with Gasteiger partial charge in [0.1, 0.15) is 11.2 Å². The van der Waals surface area contributed by atoms with Crippen LogP contribution in [0.25, 0.3) is 98.5 Å². The third-order valence-electron chi connectivity index (χ3n) is 8.57. The van der Waals surface area contributed by atoms with E-state index in [1.54, 1.807) is 11.3 Å². The first-order valence-electron chi connectivity index (χ1n) is 21.2. The van der Waals surface area contributed by atoms with Gasteiger partial charge >= 0.3 is 0 Å². The van der Waals surface area contributed by atoms with E-state index in [2.05, 4.69) is 12.1 Å². The minimum atomic E-state index is -0.684.